The smallest absolute Gasteiger partial charge is 0.397 e. The number of aliphatic hydroxyl groups is 3. The molecule has 0 saturated carbocycles. The molecule has 1 aliphatic heterocycles. The van der Waals surface area contributed by atoms with Crippen molar-refractivity contribution in [2.24, 2.45) is 0 Å². The van der Waals surface area contributed by atoms with Gasteiger partial charge >= 0.3 is 16.4 Å². The summed E-state index contributed by atoms with van der Waals surface area (Å²) in [5, 5.41) is 30.6. The van der Waals surface area contributed by atoms with Crippen molar-refractivity contribution in [3.8, 4) is 0 Å². The van der Waals surface area contributed by atoms with E-state index in [9.17, 15) is 28.5 Å². The lowest BCUT2D eigenvalue weighted by atomic mass is 9.99. The Bertz CT molecular complexity index is 1190. The summed E-state index contributed by atoms with van der Waals surface area (Å²) in [4.78, 5) is 12.8. The van der Waals surface area contributed by atoms with Crippen LogP contribution in [0.5, 0.6) is 0 Å². The molecular formula is C44H78O12S. The maximum atomic E-state index is 12.8. The highest BCUT2D eigenvalue weighted by molar-refractivity contribution is 7.80. The Morgan fingerprint density at radius 2 is 1.19 bits per heavy atom. The number of carbonyl (C=O) groups excluding carboxylic acids is 1. The normalized spacial score (nSPS) is 21.1. The van der Waals surface area contributed by atoms with E-state index in [1.165, 1.54) is 51.4 Å². The average Bonchev–Trinajstić information content (AvgIpc) is 3.18. The fourth-order valence-electron chi connectivity index (χ4n) is 6.33. The highest BCUT2D eigenvalue weighted by Crippen LogP contribution is 2.26. The van der Waals surface area contributed by atoms with Crippen molar-refractivity contribution >= 4 is 16.4 Å². The van der Waals surface area contributed by atoms with Crippen LogP contribution in [-0.4, -0.2) is 97.5 Å². The zero-order chi connectivity index (χ0) is 41.8. The van der Waals surface area contributed by atoms with E-state index in [0.29, 0.717) is 13.0 Å². The third kappa shape index (κ3) is 29.8. The van der Waals surface area contributed by atoms with Crippen LogP contribution in [0, 0.1) is 0 Å². The van der Waals surface area contributed by atoms with Crippen LogP contribution in [0.15, 0.2) is 48.6 Å². The van der Waals surface area contributed by atoms with Crippen LogP contribution in [-0.2, 0) is 38.3 Å². The van der Waals surface area contributed by atoms with Crippen molar-refractivity contribution in [1.82, 2.24) is 0 Å². The number of ether oxygens (including phenoxy) is 4. The van der Waals surface area contributed by atoms with Crippen molar-refractivity contribution < 1.29 is 56.2 Å². The lowest BCUT2D eigenvalue weighted by molar-refractivity contribution is -0.301. The van der Waals surface area contributed by atoms with Crippen molar-refractivity contribution in [3.63, 3.8) is 0 Å². The molecule has 332 valence electrons. The van der Waals surface area contributed by atoms with Crippen LogP contribution in [0.25, 0.3) is 0 Å². The molecule has 6 unspecified atom stereocenters. The van der Waals surface area contributed by atoms with Crippen LogP contribution < -0.4 is 0 Å². The summed E-state index contributed by atoms with van der Waals surface area (Å²) in [6.45, 7) is 3.86. The molecule has 6 atom stereocenters. The van der Waals surface area contributed by atoms with Gasteiger partial charge in [0.15, 0.2) is 6.29 Å². The topological polar surface area (TPSA) is 178 Å². The Morgan fingerprint density at radius 1 is 0.667 bits per heavy atom. The third-order valence-corrected chi connectivity index (χ3v) is 10.1. The Balaban J connectivity index is 2.44. The zero-order valence-corrected chi connectivity index (χ0v) is 36.0. The number of hydrogen-bond acceptors (Lipinski definition) is 11. The van der Waals surface area contributed by atoms with Gasteiger partial charge in [0.25, 0.3) is 0 Å². The van der Waals surface area contributed by atoms with Gasteiger partial charge in [-0.25, -0.2) is 4.18 Å². The van der Waals surface area contributed by atoms with E-state index >= 15 is 0 Å². The van der Waals surface area contributed by atoms with E-state index < -0.39 is 59.8 Å². The second kappa shape index (κ2) is 36.0. The minimum Gasteiger partial charge on any atom is -0.457 e. The molecule has 12 nitrogen and oxygen atoms in total. The lowest BCUT2D eigenvalue weighted by Crippen LogP contribution is -2.60. The maximum absolute atomic E-state index is 12.8. The Labute approximate surface area is 345 Å². The number of unbranched alkanes of at least 4 members (excludes halogenated alkanes) is 16. The molecule has 1 rings (SSSR count). The first-order valence-corrected chi connectivity index (χ1v) is 23.3. The molecule has 13 heteroatoms. The molecule has 0 amide bonds. The quantitative estimate of drug-likeness (QED) is 0.0203. The average molecular weight is 831 g/mol. The molecular weight excluding hydrogens is 753 g/mol. The molecule has 4 N–H and O–H groups in total. The molecule has 0 aromatic carbocycles. The summed E-state index contributed by atoms with van der Waals surface area (Å²) in [5.41, 5.74) is 0. The van der Waals surface area contributed by atoms with E-state index in [1.54, 1.807) is 0 Å². The van der Waals surface area contributed by atoms with E-state index in [4.69, 9.17) is 23.5 Å². The van der Waals surface area contributed by atoms with Crippen molar-refractivity contribution in [3.05, 3.63) is 48.6 Å². The number of hydrogen-bond donors (Lipinski definition) is 4. The summed E-state index contributed by atoms with van der Waals surface area (Å²) in [5.74, 6) is -0.416. The van der Waals surface area contributed by atoms with Gasteiger partial charge in [0, 0.05) is 13.0 Å². The van der Waals surface area contributed by atoms with Gasteiger partial charge in [-0.05, 0) is 70.6 Å². The van der Waals surface area contributed by atoms with E-state index in [0.717, 1.165) is 83.5 Å². The van der Waals surface area contributed by atoms with Gasteiger partial charge in [0.1, 0.15) is 30.5 Å². The second-order valence-electron chi connectivity index (χ2n) is 14.9. The lowest BCUT2D eigenvalue weighted by Gasteiger charge is -2.41. The second-order valence-corrected chi connectivity index (χ2v) is 16.0. The molecule has 0 radical (unpaired) electrons. The predicted octanol–water partition coefficient (Wildman–Crippen LogP) is 8.80. The molecule has 1 fully saturated rings. The largest absolute Gasteiger partial charge is 0.457 e. The molecule has 0 spiro atoms. The number of aliphatic hydroxyl groups excluding tert-OH is 3. The van der Waals surface area contributed by atoms with Crippen LogP contribution in [0.2, 0.25) is 0 Å². The fourth-order valence-corrected chi connectivity index (χ4v) is 6.84. The standard InChI is InChI=1S/C44H78O12S/c1-3-5-7-9-11-13-15-16-17-18-19-20-21-22-23-25-27-29-31-33-40(46)54-38(36-52-34-32-30-28-26-24-14-12-10-8-6-4-2)37-53-44-42(48)43(56-57(49,50)51)41(47)39(35-45)55-44/h8,10-11,13,16-17,19-20,38-39,41-45,47-48H,3-7,9,12,14-15,18,21-37H2,1-2H3,(H,49,50,51)/b10-8-,13-11-,17-16-,20-19-. The van der Waals surface area contributed by atoms with Gasteiger partial charge in [-0.2, -0.15) is 8.42 Å². The molecule has 1 saturated heterocycles. The molecule has 57 heavy (non-hydrogen) atoms. The van der Waals surface area contributed by atoms with Gasteiger partial charge in [-0.3, -0.25) is 9.35 Å². The van der Waals surface area contributed by atoms with Crippen LogP contribution in [0.3, 0.4) is 0 Å². The maximum Gasteiger partial charge on any atom is 0.397 e. The molecule has 1 heterocycles. The first-order valence-electron chi connectivity index (χ1n) is 21.9. The fraction of sp³-hybridized carbons (Fsp3) is 0.795. The predicted molar refractivity (Wildman–Crippen MR) is 225 cm³/mol. The number of rotatable bonds is 37. The van der Waals surface area contributed by atoms with Gasteiger partial charge < -0.3 is 34.3 Å². The minimum atomic E-state index is -5.06. The highest BCUT2D eigenvalue weighted by Gasteiger charge is 2.48. The monoisotopic (exact) mass is 831 g/mol. The van der Waals surface area contributed by atoms with Gasteiger partial charge in [-0.1, -0.05) is 133 Å². The van der Waals surface area contributed by atoms with Crippen LogP contribution in [0.1, 0.15) is 162 Å². The summed E-state index contributed by atoms with van der Waals surface area (Å²) < 4.78 is 58.9. The number of carbonyl (C=O) groups is 1. The van der Waals surface area contributed by atoms with E-state index in [2.05, 4.69) is 66.6 Å². The SMILES string of the molecule is CCC/C=C\CCCCCCCCOCC(COC1OC(CO)C(O)C(OS(=O)(=O)O)C1O)OC(=O)CCCCCCCC/C=C\C/C=C\C/C=C\CCCCC. The van der Waals surface area contributed by atoms with Crippen LogP contribution in [0.4, 0.5) is 0 Å². The third-order valence-electron chi connectivity index (χ3n) is 9.65. The Hall–Kier alpha value is -1.94. The first-order chi connectivity index (χ1) is 27.6. The van der Waals surface area contributed by atoms with Crippen molar-refractivity contribution in [2.75, 3.05) is 26.4 Å². The van der Waals surface area contributed by atoms with Crippen LogP contribution >= 0.6 is 0 Å². The van der Waals surface area contributed by atoms with E-state index in [1.807, 2.05) is 0 Å². The molecule has 0 aliphatic carbocycles. The van der Waals surface area contributed by atoms with Gasteiger partial charge in [-0.15, -0.1) is 0 Å². The summed E-state index contributed by atoms with van der Waals surface area (Å²) in [6, 6.07) is 0. The van der Waals surface area contributed by atoms with Crippen molar-refractivity contribution in [1.29, 1.82) is 0 Å². The van der Waals surface area contributed by atoms with Crippen molar-refractivity contribution in [2.45, 2.75) is 198 Å². The number of esters is 1. The zero-order valence-electron chi connectivity index (χ0n) is 35.1. The Morgan fingerprint density at radius 3 is 1.77 bits per heavy atom. The van der Waals surface area contributed by atoms with E-state index in [-0.39, 0.29) is 19.6 Å². The summed E-state index contributed by atoms with van der Waals surface area (Å²) >= 11 is 0. The Kier molecular flexibility index (Phi) is 33.5. The molecule has 1 aliphatic rings. The minimum absolute atomic E-state index is 0.0247. The highest BCUT2D eigenvalue weighted by atomic mass is 32.3. The molecule has 0 bridgehead atoms. The first kappa shape index (κ1) is 53.1. The molecule has 0 aromatic heterocycles. The number of allylic oxidation sites excluding steroid dienone is 8. The van der Waals surface area contributed by atoms with Gasteiger partial charge in [0.2, 0.25) is 0 Å². The molecule has 0 aromatic rings. The van der Waals surface area contributed by atoms with Gasteiger partial charge in [0.05, 0.1) is 19.8 Å². The summed E-state index contributed by atoms with van der Waals surface area (Å²) in [7, 11) is -5.06. The summed E-state index contributed by atoms with van der Waals surface area (Å²) in [6.07, 6.45) is 32.9.